The lowest BCUT2D eigenvalue weighted by molar-refractivity contribution is -0.120. The van der Waals surface area contributed by atoms with Crippen molar-refractivity contribution in [3.05, 3.63) is 29.8 Å². The molecule has 1 amide bonds. The van der Waals surface area contributed by atoms with Crippen LogP contribution >= 0.6 is 0 Å². The number of rotatable bonds is 5. The van der Waals surface area contributed by atoms with Crippen LogP contribution in [0.1, 0.15) is 18.4 Å². The van der Waals surface area contributed by atoms with Crippen LogP contribution < -0.4 is 10.1 Å². The first kappa shape index (κ1) is 12.9. The van der Waals surface area contributed by atoms with E-state index in [0.29, 0.717) is 13.0 Å². The van der Waals surface area contributed by atoms with Crippen LogP contribution in [-0.4, -0.2) is 32.3 Å². The summed E-state index contributed by atoms with van der Waals surface area (Å²) in [6.45, 7) is 1.43. The summed E-state index contributed by atoms with van der Waals surface area (Å²) >= 11 is 0. The Bertz CT molecular complexity index is 400. The zero-order valence-electron chi connectivity index (χ0n) is 10.6. The van der Waals surface area contributed by atoms with Crippen molar-refractivity contribution in [3.63, 3.8) is 0 Å². The van der Waals surface area contributed by atoms with Gasteiger partial charge in [0.05, 0.1) is 19.6 Å². The quantitative estimate of drug-likeness (QED) is 0.861. The van der Waals surface area contributed by atoms with E-state index in [1.165, 1.54) is 0 Å². The van der Waals surface area contributed by atoms with Crippen molar-refractivity contribution in [3.8, 4) is 5.75 Å². The molecule has 18 heavy (non-hydrogen) atoms. The fourth-order valence-electron chi connectivity index (χ4n) is 2.06. The van der Waals surface area contributed by atoms with Gasteiger partial charge < -0.3 is 14.8 Å². The number of ether oxygens (including phenoxy) is 2. The number of nitrogens with one attached hydrogen (secondary N) is 1. The molecule has 1 heterocycles. The number of hydrogen-bond acceptors (Lipinski definition) is 3. The fourth-order valence-corrected chi connectivity index (χ4v) is 2.06. The number of benzene rings is 1. The van der Waals surface area contributed by atoms with Crippen LogP contribution in [0, 0.1) is 0 Å². The summed E-state index contributed by atoms with van der Waals surface area (Å²) in [6.07, 6.45) is 2.71. The van der Waals surface area contributed by atoms with Gasteiger partial charge in [0.25, 0.3) is 0 Å². The zero-order valence-corrected chi connectivity index (χ0v) is 10.6. The zero-order chi connectivity index (χ0) is 12.8. The number of hydrogen-bond donors (Lipinski definition) is 1. The second-order valence-corrected chi connectivity index (χ2v) is 4.47. The van der Waals surface area contributed by atoms with Crippen molar-refractivity contribution >= 4 is 5.91 Å². The first-order valence-corrected chi connectivity index (χ1v) is 6.29. The summed E-state index contributed by atoms with van der Waals surface area (Å²) in [4.78, 5) is 11.8. The fraction of sp³-hybridized carbons (Fsp3) is 0.500. The standard InChI is InChI=1S/C14H19NO3/c1-17-12-5-2-4-11(8-12)9-14(16)15-10-13-6-3-7-18-13/h2,4-5,8,13H,3,6-7,9-10H2,1H3,(H,15,16)/t13-/m0/s1. The maximum Gasteiger partial charge on any atom is 0.224 e. The first-order valence-electron chi connectivity index (χ1n) is 6.29. The minimum Gasteiger partial charge on any atom is -0.497 e. The highest BCUT2D eigenvalue weighted by Crippen LogP contribution is 2.13. The molecule has 1 aliphatic heterocycles. The Morgan fingerprint density at radius 3 is 3.17 bits per heavy atom. The molecule has 0 saturated carbocycles. The summed E-state index contributed by atoms with van der Waals surface area (Å²) in [6, 6.07) is 7.56. The van der Waals surface area contributed by atoms with Crippen molar-refractivity contribution < 1.29 is 14.3 Å². The van der Waals surface area contributed by atoms with E-state index in [-0.39, 0.29) is 12.0 Å². The molecule has 0 bridgehead atoms. The normalized spacial score (nSPS) is 18.6. The Morgan fingerprint density at radius 2 is 2.44 bits per heavy atom. The van der Waals surface area contributed by atoms with E-state index in [1.54, 1.807) is 7.11 Å². The topological polar surface area (TPSA) is 47.6 Å². The summed E-state index contributed by atoms with van der Waals surface area (Å²) in [5.74, 6) is 0.804. The highest BCUT2D eigenvalue weighted by Gasteiger charge is 2.16. The maximum atomic E-state index is 11.8. The molecule has 4 nitrogen and oxygen atoms in total. The molecule has 0 aromatic heterocycles. The van der Waals surface area contributed by atoms with Crippen LogP contribution in [-0.2, 0) is 16.0 Å². The lowest BCUT2D eigenvalue weighted by Crippen LogP contribution is -2.32. The molecule has 1 fully saturated rings. The van der Waals surface area contributed by atoms with Gasteiger partial charge in [0.2, 0.25) is 5.91 Å². The largest absolute Gasteiger partial charge is 0.497 e. The van der Waals surface area contributed by atoms with E-state index < -0.39 is 0 Å². The second kappa shape index (κ2) is 6.40. The predicted octanol–water partition coefficient (Wildman–Crippen LogP) is 1.53. The molecule has 1 saturated heterocycles. The smallest absolute Gasteiger partial charge is 0.224 e. The van der Waals surface area contributed by atoms with Gasteiger partial charge in [-0.3, -0.25) is 4.79 Å². The van der Waals surface area contributed by atoms with Crippen LogP contribution in [0.15, 0.2) is 24.3 Å². The Kier molecular flexibility index (Phi) is 4.59. The number of carbonyl (C=O) groups is 1. The van der Waals surface area contributed by atoms with Gasteiger partial charge in [0, 0.05) is 13.2 Å². The Labute approximate surface area is 107 Å². The molecule has 1 aromatic carbocycles. The third-order valence-corrected chi connectivity index (χ3v) is 3.05. The number of methoxy groups -OCH3 is 1. The summed E-state index contributed by atoms with van der Waals surface area (Å²) in [5.41, 5.74) is 0.958. The van der Waals surface area contributed by atoms with E-state index in [2.05, 4.69) is 5.32 Å². The van der Waals surface area contributed by atoms with Crippen molar-refractivity contribution in [1.29, 1.82) is 0 Å². The molecule has 1 aromatic rings. The highest BCUT2D eigenvalue weighted by atomic mass is 16.5. The monoisotopic (exact) mass is 249 g/mol. The van der Waals surface area contributed by atoms with Crippen molar-refractivity contribution in [2.45, 2.75) is 25.4 Å². The van der Waals surface area contributed by atoms with Gasteiger partial charge in [-0.1, -0.05) is 12.1 Å². The number of amides is 1. The molecule has 1 atom stereocenters. The van der Waals surface area contributed by atoms with Crippen molar-refractivity contribution in [2.24, 2.45) is 0 Å². The molecule has 98 valence electrons. The number of carbonyl (C=O) groups excluding carboxylic acids is 1. The minimum atomic E-state index is 0.0266. The van der Waals surface area contributed by atoms with Gasteiger partial charge in [-0.25, -0.2) is 0 Å². The average Bonchev–Trinajstić information content (AvgIpc) is 2.90. The van der Waals surface area contributed by atoms with E-state index in [1.807, 2.05) is 24.3 Å². The molecule has 2 rings (SSSR count). The molecule has 4 heteroatoms. The Morgan fingerprint density at radius 1 is 1.56 bits per heavy atom. The summed E-state index contributed by atoms with van der Waals surface area (Å²) in [5, 5.41) is 2.91. The minimum absolute atomic E-state index is 0.0266. The van der Waals surface area contributed by atoms with Gasteiger partial charge in [-0.05, 0) is 30.5 Å². The molecular formula is C14H19NO3. The van der Waals surface area contributed by atoms with Crippen molar-refractivity contribution in [1.82, 2.24) is 5.32 Å². The van der Waals surface area contributed by atoms with E-state index in [4.69, 9.17) is 9.47 Å². The Hall–Kier alpha value is -1.55. The summed E-state index contributed by atoms with van der Waals surface area (Å²) in [7, 11) is 1.62. The molecule has 0 spiro atoms. The highest BCUT2D eigenvalue weighted by molar-refractivity contribution is 5.78. The van der Waals surface area contributed by atoms with Crippen LogP contribution in [0.3, 0.4) is 0 Å². The second-order valence-electron chi connectivity index (χ2n) is 4.47. The SMILES string of the molecule is COc1cccc(CC(=O)NC[C@@H]2CCCO2)c1. The molecular weight excluding hydrogens is 230 g/mol. The first-order chi connectivity index (χ1) is 8.78. The van der Waals surface area contributed by atoms with E-state index in [0.717, 1.165) is 30.8 Å². The van der Waals surface area contributed by atoms with Gasteiger partial charge in [0.1, 0.15) is 5.75 Å². The predicted molar refractivity (Wildman–Crippen MR) is 68.7 cm³/mol. The molecule has 0 unspecified atom stereocenters. The molecule has 0 aliphatic carbocycles. The molecule has 1 aliphatic rings. The maximum absolute atomic E-state index is 11.8. The van der Waals surface area contributed by atoms with Crippen LogP contribution in [0.5, 0.6) is 5.75 Å². The third-order valence-electron chi connectivity index (χ3n) is 3.05. The third kappa shape index (κ3) is 3.74. The van der Waals surface area contributed by atoms with Gasteiger partial charge in [0.15, 0.2) is 0 Å². The molecule has 0 radical (unpaired) electrons. The van der Waals surface area contributed by atoms with Gasteiger partial charge in [-0.2, -0.15) is 0 Å². The molecule has 1 N–H and O–H groups in total. The van der Waals surface area contributed by atoms with E-state index >= 15 is 0 Å². The Balaban J connectivity index is 1.78. The van der Waals surface area contributed by atoms with Crippen LogP contribution in [0.4, 0.5) is 0 Å². The van der Waals surface area contributed by atoms with Crippen molar-refractivity contribution in [2.75, 3.05) is 20.3 Å². The van der Waals surface area contributed by atoms with Crippen LogP contribution in [0.2, 0.25) is 0 Å². The summed E-state index contributed by atoms with van der Waals surface area (Å²) < 4.78 is 10.6. The van der Waals surface area contributed by atoms with Crippen LogP contribution in [0.25, 0.3) is 0 Å². The van der Waals surface area contributed by atoms with Gasteiger partial charge in [-0.15, -0.1) is 0 Å². The lowest BCUT2D eigenvalue weighted by Gasteiger charge is -2.11. The van der Waals surface area contributed by atoms with E-state index in [9.17, 15) is 4.79 Å². The lowest BCUT2D eigenvalue weighted by atomic mass is 10.1. The average molecular weight is 249 g/mol. The van der Waals surface area contributed by atoms with Gasteiger partial charge >= 0.3 is 0 Å².